The lowest BCUT2D eigenvalue weighted by atomic mass is 10.2. The van der Waals surface area contributed by atoms with Gasteiger partial charge in [-0.25, -0.2) is 9.80 Å². The molecule has 0 fully saturated rings. The largest absolute Gasteiger partial charge is 0.477 e. The predicted molar refractivity (Wildman–Crippen MR) is 76.1 cm³/mol. The zero-order valence-corrected chi connectivity index (χ0v) is 11.6. The molecular formula is C13H12ClN3O4. The Morgan fingerprint density at radius 3 is 2.81 bits per heavy atom. The third-order valence-electron chi connectivity index (χ3n) is 2.75. The van der Waals surface area contributed by atoms with E-state index in [1.807, 2.05) is 0 Å². The lowest BCUT2D eigenvalue weighted by molar-refractivity contribution is -0.136. The van der Waals surface area contributed by atoms with Gasteiger partial charge in [0, 0.05) is 23.6 Å². The number of rotatable bonds is 4. The van der Waals surface area contributed by atoms with Gasteiger partial charge in [-0.1, -0.05) is 17.7 Å². The van der Waals surface area contributed by atoms with E-state index in [0.29, 0.717) is 10.7 Å². The fourth-order valence-electron chi connectivity index (χ4n) is 1.78. The molecule has 1 aromatic carbocycles. The van der Waals surface area contributed by atoms with E-state index in [-0.39, 0.29) is 31.0 Å². The van der Waals surface area contributed by atoms with Crippen LogP contribution in [0, 0.1) is 0 Å². The summed E-state index contributed by atoms with van der Waals surface area (Å²) >= 11 is 5.79. The van der Waals surface area contributed by atoms with Crippen molar-refractivity contribution < 1.29 is 19.5 Å². The summed E-state index contributed by atoms with van der Waals surface area (Å²) in [5.74, 6) is -2.06. The summed E-state index contributed by atoms with van der Waals surface area (Å²) in [5, 5.41) is 16.4. The second-order valence-electron chi connectivity index (χ2n) is 4.36. The molecule has 21 heavy (non-hydrogen) atoms. The Bertz CT molecular complexity index is 630. The second kappa shape index (κ2) is 6.36. The number of amides is 2. The van der Waals surface area contributed by atoms with Crippen molar-refractivity contribution in [3.63, 3.8) is 0 Å². The fourth-order valence-corrected chi connectivity index (χ4v) is 1.97. The standard InChI is InChI=1S/C13H12ClN3O4/c14-8-2-1-3-9(6-8)15-11(18)7-17-12(19)5-4-10(16-17)13(20)21/h1-3,6H,4-5,7H2,(H,15,18)(H,20,21). The summed E-state index contributed by atoms with van der Waals surface area (Å²) in [6, 6.07) is 6.54. The smallest absolute Gasteiger partial charge is 0.352 e. The molecule has 1 aliphatic heterocycles. The van der Waals surface area contributed by atoms with E-state index in [4.69, 9.17) is 16.7 Å². The number of benzene rings is 1. The highest BCUT2D eigenvalue weighted by Crippen LogP contribution is 2.15. The van der Waals surface area contributed by atoms with Crippen LogP contribution in [0.1, 0.15) is 12.8 Å². The zero-order chi connectivity index (χ0) is 15.4. The van der Waals surface area contributed by atoms with Crippen LogP contribution in [0.5, 0.6) is 0 Å². The van der Waals surface area contributed by atoms with Crippen LogP contribution in [-0.2, 0) is 14.4 Å². The monoisotopic (exact) mass is 309 g/mol. The molecule has 1 heterocycles. The molecule has 0 aliphatic carbocycles. The highest BCUT2D eigenvalue weighted by atomic mass is 35.5. The van der Waals surface area contributed by atoms with Crippen molar-refractivity contribution in [2.24, 2.45) is 5.10 Å². The second-order valence-corrected chi connectivity index (χ2v) is 4.80. The quantitative estimate of drug-likeness (QED) is 0.876. The summed E-state index contributed by atoms with van der Waals surface area (Å²) in [6.07, 6.45) is 0.0934. The Labute approximate surface area is 125 Å². The van der Waals surface area contributed by atoms with Crippen LogP contribution in [0.2, 0.25) is 5.02 Å². The maximum atomic E-state index is 11.8. The van der Waals surface area contributed by atoms with Gasteiger partial charge < -0.3 is 10.4 Å². The van der Waals surface area contributed by atoms with Gasteiger partial charge in [0.2, 0.25) is 11.8 Å². The summed E-state index contributed by atoms with van der Waals surface area (Å²) in [5.41, 5.74) is 0.351. The summed E-state index contributed by atoms with van der Waals surface area (Å²) < 4.78 is 0. The van der Waals surface area contributed by atoms with Gasteiger partial charge in [0.05, 0.1) is 0 Å². The van der Waals surface area contributed by atoms with Gasteiger partial charge in [0.1, 0.15) is 12.3 Å². The number of halogens is 1. The van der Waals surface area contributed by atoms with E-state index >= 15 is 0 Å². The van der Waals surface area contributed by atoms with Gasteiger partial charge in [-0.3, -0.25) is 9.59 Å². The molecule has 1 aromatic rings. The molecule has 2 N–H and O–H groups in total. The first kappa shape index (κ1) is 15.0. The number of anilines is 1. The lowest BCUT2D eigenvalue weighted by Gasteiger charge is -2.21. The van der Waals surface area contributed by atoms with E-state index in [1.54, 1.807) is 24.3 Å². The predicted octanol–water partition coefficient (Wildman–Crippen LogP) is 1.34. The number of nitrogens with one attached hydrogen (secondary N) is 1. The number of hydrogen-bond donors (Lipinski definition) is 2. The van der Waals surface area contributed by atoms with Gasteiger partial charge in [-0.15, -0.1) is 0 Å². The highest BCUT2D eigenvalue weighted by Gasteiger charge is 2.25. The number of carboxylic acids is 1. The van der Waals surface area contributed by atoms with Gasteiger partial charge in [-0.05, 0) is 18.2 Å². The Morgan fingerprint density at radius 1 is 1.38 bits per heavy atom. The van der Waals surface area contributed by atoms with Crippen LogP contribution in [0.25, 0.3) is 0 Å². The summed E-state index contributed by atoms with van der Waals surface area (Å²) in [6.45, 7) is -0.345. The minimum absolute atomic E-state index is 0.0234. The third-order valence-corrected chi connectivity index (χ3v) is 2.99. The van der Waals surface area contributed by atoms with Gasteiger partial charge in [0.25, 0.3) is 0 Å². The minimum Gasteiger partial charge on any atom is -0.477 e. The fraction of sp³-hybridized carbons (Fsp3) is 0.231. The first-order chi connectivity index (χ1) is 9.95. The first-order valence-corrected chi connectivity index (χ1v) is 6.50. The van der Waals surface area contributed by atoms with Crippen molar-refractivity contribution in [3.8, 4) is 0 Å². The van der Waals surface area contributed by atoms with E-state index in [2.05, 4.69) is 10.4 Å². The Hall–Kier alpha value is -2.41. The molecule has 110 valence electrons. The third kappa shape index (κ3) is 4.03. The molecule has 0 spiro atoms. The molecule has 0 atom stereocenters. The normalized spacial score (nSPS) is 14.6. The molecule has 2 rings (SSSR count). The molecule has 8 heteroatoms. The number of hydrazone groups is 1. The number of carbonyl (C=O) groups is 3. The molecule has 7 nitrogen and oxygen atoms in total. The molecule has 0 aromatic heterocycles. The number of carboxylic acid groups (broad SMARTS) is 1. The molecular weight excluding hydrogens is 298 g/mol. The highest BCUT2D eigenvalue weighted by molar-refractivity contribution is 6.36. The Kier molecular flexibility index (Phi) is 4.54. The molecule has 0 saturated heterocycles. The molecule has 0 saturated carbocycles. The van der Waals surface area contributed by atoms with Crippen LogP contribution in [0.4, 0.5) is 5.69 Å². The zero-order valence-electron chi connectivity index (χ0n) is 10.9. The van der Waals surface area contributed by atoms with Gasteiger partial charge in [0.15, 0.2) is 0 Å². The minimum atomic E-state index is -1.19. The van der Waals surface area contributed by atoms with Crippen LogP contribution in [0.3, 0.4) is 0 Å². The van der Waals surface area contributed by atoms with Crippen LogP contribution < -0.4 is 5.32 Å². The maximum absolute atomic E-state index is 11.8. The summed E-state index contributed by atoms with van der Waals surface area (Å²) in [4.78, 5) is 34.3. The number of carbonyl (C=O) groups excluding carboxylic acids is 2. The number of hydrogen-bond acceptors (Lipinski definition) is 4. The molecule has 0 bridgehead atoms. The van der Waals surface area contributed by atoms with Gasteiger partial charge in [-0.2, -0.15) is 5.10 Å². The Morgan fingerprint density at radius 2 is 2.14 bits per heavy atom. The average Bonchev–Trinajstić information content (AvgIpc) is 2.41. The molecule has 1 aliphatic rings. The van der Waals surface area contributed by atoms with E-state index < -0.39 is 11.9 Å². The molecule has 0 unspecified atom stereocenters. The lowest BCUT2D eigenvalue weighted by Crippen LogP contribution is -2.39. The van der Waals surface area contributed by atoms with Crippen LogP contribution >= 0.6 is 11.6 Å². The van der Waals surface area contributed by atoms with Crippen molar-refractivity contribution >= 4 is 40.8 Å². The van der Waals surface area contributed by atoms with Crippen molar-refractivity contribution in [2.45, 2.75) is 12.8 Å². The van der Waals surface area contributed by atoms with E-state index in [0.717, 1.165) is 5.01 Å². The first-order valence-electron chi connectivity index (χ1n) is 6.12. The van der Waals surface area contributed by atoms with Crippen molar-refractivity contribution in [3.05, 3.63) is 29.3 Å². The van der Waals surface area contributed by atoms with Crippen molar-refractivity contribution in [2.75, 3.05) is 11.9 Å². The van der Waals surface area contributed by atoms with Gasteiger partial charge >= 0.3 is 5.97 Å². The van der Waals surface area contributed by atoms with Crippen LogP contribution in [0.15, 0.2) is 29.4 Å². The topological polar surface area (TPSA) is 99.1 Å². The number of aliphatic carboxylic acids is 1. The maximum Gasteiger partial charge on any atom is 0.352 e. The van der Waals surface area contributed by atoms with Crippen LogP contribution in [-0.4, -0.2) is 40.2 Å². The van der Waals surface area contributed by atoms with Crippen molar-refractivity contribution in [1.29, 1.82) is 0 Å². The molecule has 0 radical (unpaired) electrons. The summed E-state index contributed by atoms with van der Waals surface area (Å²) in [7, 11) is 0. The van der Waals surface area contributed by atoms with Crippen molar-refractivity contribution in [1.82, 2.24) is 5.01 Å². The SMILES string of the molecule is O=C(CN1N=C(C(=O)O)CCC1=O)Nc1cccc(Cl)c1. The Balaban J connectivity index is 2.03. The number of nitrogens with zero attached hydrogens (tertiary/aromatic N) is 2. The van der Waals surface area contributed by atoms with E-state index in [9.17, 15) is 14.4 Å². The van der Waals surface area contributed by atoms with E-state index in [1.165, 1.54) is 0 Å². The average molecular weight is 310 g/mol. The molecule has 2 amide bonds.